The van der Waals surface area contributed by atoms with Crippen LogP contribution in [0.4, 0.5) is 15.3 Å². The first-order valence-electron chi connectivity index (χ1n) is 25.9. The summed E-state index contributed by atoms with van der Waals surface area (Å²) in [4.78, 5) is 109. The summed E-state index contributed by atoms with van der Waals surface area (Å²) in [5.74, 6) is -2.90. The smallest absolute Gasteiger partial charge is 0.408 e. The standard InChI is InChI=1S/C58H69N7O13/c1-57(2,3)77-45-28-23-38(24-29-45)33-47(63-56(72)78-58(4,5)6)52(68)61-46(18-12-30-59-55(71)76-37-39-14-8-7-9-15-39)51(67)62-48(34-41-20-25-42-16-10-11-17-43(42)32-41)54(70)64-31-13-19-49(64)53(69)60-35-50(66)75-36-40-21-26-44(27-22-40)65(73)74/h7-11,14-17,20-29,32,46-49H,12-13,18-19,30-31,33-37H2,1-6H3,(H,59,71)(H,60,69)(H,61,68)(H,62,67)(H,63,72)/t46-,47+,48+,49+/m1/s1. The van der Waals surface area contributed by atoms with Gasteiger partial charge in [-0.1, -0.05) is 84.9 Å². The van der Waals surface area contributed by atoms with Gasteiger partial charge < -0.3 is 50.4 Å². The molecule has 0 aromatic heterocycles. The number of ether oxygens (including phenoxy) is 4. The maximum absolute atomic E-state index is 14.9. The number of nitro benzene ring substituents is 1. The number of likely N-dealkylation sites (tertiary alicyclic amines) is 1. The van der Waals surface area contributed by atoms with E-state index in [9.17, 15) is 43.7 Å². The average molecular weight is 1070 g/mol. The third kappa shape index (κ3) is 18.9. The molecular formula is C58H69N7O13. The molecule has 6 rings (SSSR count). The number of esters is 1. The summed E-state index contributed by atoms with van der Waals surface area (Å²) in [6, 6.07) is 29.9. The normalized spacial score (nSPS) is 14.4. The molecule has 20 heteroatoms. The number of fused-ring (bicyclic) bond motifs is 1. The molecule has 1 heterocycles. The maximum Gasteiger partial charge on any atom is 0.408 e. The zero-order valence-corrected chi connectivity index (χ0v) is 44.8. The van der Waals surface area contributed by atoms with Gasteiger partial charge in [0.2, 0.25) is 23.6 Å². The maximum atomic E-state index is 14.9. The number of rotatable bonds is 23. The van der Waals surface area contributed by atoms with Crippen molar-refractivity contribution in [3.05, 3.63) is 154 Å². The van der Waals surface area contributed by atoms with Crippen molar-refractivity contribution in [1.29, 1.82) is 0 Å². The molecule has 5 N–H and O–H groups in total. The Morgan fingerprint density at radius 1 is 0.641 bits per heavy atom. The molecule has 5 aromatic rings. The summed E-state index contributed by atoms with van der Waals surface area (Å²) in [5.41, 5.74) is 1.10. The number of benzene rings is 5. The van der Waals surface area contributed by atoms with Crippen LogP contribution in [-0.2, 0) is 64.2 Å². The first-order valence-corrected chi connectivity index (χ1v) is 25.9. The van der Waals surface area contributed by atoms with Gasteiger partial charge in [0.1, 0.15) is 60.9 Å². The Morgan fingerprint density at radius 3 is 1.92 bits per heavy atom. The number of non-ortho nitro benzene ring substituents is 1. The molecule has 0 unspecified atom stereocenters. The topological polar surface area (TPSA) is 263 Å². The number of nitrogens with zero attached hydrogens (tertiary/aromatic N) is 2. The van der Waals surface area contributed by atoms with Crippen LogP contribution >= 0.6 is 0 Å². The van der Waals surface area contributed by atoms with Crippen molar-refractivity contribution in [2.75, 3.05) is 19.6 Å². The fourth-order valence-corrected chi connectivity index (χ4v) is 8.54. The minimum absolute atomic E-state index is 0.0248. The third-order valence-corrected chi connectivity index (χ3v) is 12.2. The number of nitrogens with one attached hydrogen (secondary N) is 5. The predicted molar refractivity (Wildman–Crippen MR) is 290 cm³/mol. The van der Waals surface area contributed by atoms with Gasteiger partial charge in [0.15, 0.2) is 0 Å². The fraction of sp³-hybridized carbons (Fsp3) is 0.397. The van der Waals surface area contributed by atoms with Gasteiger partial charge in [0.25, 0.3) is 5.69 Å². The molecule has 0 aliphatic carbocycles. The molecule has 1 aliphatic heterocycles. The molecule has 4 atom stereocenters. The lowest BCUT2D eigenvalue weighted by atomic mass is 9.99. The van der Waals surface area contributed by atoms with Crippen LogP contribution in [0.1, 0.15) is 89.5 Å². The lowest BCUT2D eigenvalue weighted by Gasteiger charge is -2.30. The van der Waals surface area contributed by atoms with Gasteiger partial charge >= 0.3 is 18.2 Å². The molecule has 0 spiro atoms. The first kappa shape index (κ1) is 58.7. The summed E-state index contributed by atoms with van der Waals surface area (Å²) in [7, 11) is 0. The van der Waals surface area contributed by atoms with E-state index in [1.54, 1.807) is 45.0 Å². The van der Waals surface area contributed by atoms with Crippen molar-refractivity contribution in [3.63, 3.8) is 0 Å². The van der Waals surface area contributed by atoms with Crippen LogP contribution in [0, 0.1) is 10.1 Å². The number of carbonyl (C=O) groups excluding carboxylic acids is 7. The van der Waals surface area contributed by atoms with Crippen LogP contribution in [0.5, 0.6) is 5.75 Å². The largest absolute Gasteiger partial charge is 0.488 e. The third-order valence-electron chi connectivity index (χ3n) is 12.2. The number of amides is 6. The highest BCUT2D eigenvalue weighted by Gasteiger charge is 2.39. The van der Waals surface area contributed by atoms with Crippen molar-refractivity contribution in [3.8, 4) is 5.75 Å². The van der Waals surface area contributed by atoms with Gasteiger partial charge in [0.05, 0.1) is 4.92 Å². The zero-order chi connectivity index (χ0) is 56.4. The van der Waals surface area contributed by atoms with Gasteiger partial charge in [-0.05, 0) is 125 Å². The van der Waals surface area contributed by atoms with Crippen LogP contribution in [0.2, 0.25) is 0 Å². The molecule has 20 nitrogen and oxygen atoms in total. The van der Waals surface area contributed by atoms with Gasteiger partial charge in [-0.3, -0.25) is 34.1 Å². The molecule has 0 radical (unpaired) electrons. The second-order valence-electron chi connectivity index (χ2n) is 20.9. The van der Waals surface area contributed by atoms with E-state index in [-0.39, 0.29) is 64.1 Å². The Balaban J connectivity index is 1.22. The first-order chi connectivity index (χ1) is 37.1. The summed E-state index contributed by atoms with van der Waals surface area (Å²) in [6.07, 6.45) is -0.849. The van der Waals surface area contributed by atoms with E-state index in [1.807, 2.05) is 93.6 Å². The number of carbonyl (C=O) groups is 7. The molecule has 6 amide bonds. The second-order valence-corrected chi connectivity index (χ2v) is 20.9. The predicted octanol–water partition coefficient (Wildman–Crippen LogP) is 7.13. The van der Waals surface area contributed by atoms with E-state index < -0.39 is 88.6 Å². The highest BCUT2D eigenvalue weighted by Crippen LogP contribution is 2.23. The minimum atomic E-state index is -1.34. The summed E-state index contributed by atoms with van der Waals surface area (Å²) in [5, 5.41) is 26.5. The van der Waals surface area contributed by atoms with E-state index >= 15 is 0 Å². The Hall–Kier alpha value is -8.55. The van der Waals surface area contributed by atoms with Crippen molar-refractivity contribution >= 4 is 58.2 Å². The number of hydrogen-bond donors (Lipinski definition) is 5. The zero-order valence-electron chi connectivity index (χ0n) is 44.8. The summed E-state index contributed by atoms with van der Waals surface area (Å²) in [6.45, 7) is 10.3. The minimum Gasteiger partial charge on any atom is -0.488 e. The summed E-state index contributed by atoms with van der Waals surface area (Å²) < 4.78 is 22.2. The summed E-state index contributed by atoms with van der Waals surface area (Å²) >= 11 is 0. The number of nitro groups is 1. The van der Waals surface area contributed by atoms with Crippen LogP contribution in [-0.4, -0.2) is 107 Å². The average Bonchev–Trinajstić information content (AvgIpc) is 3.94. The van der Waals surface area contributed by atoms with E-state index in [0.29, 0.717) is 28.9 Å². The molecule has 78 heavy (non-hydrogen) atoms. The molecule has 1 fully saturated rings. The van der Waals surface area contributed by atoms with Crippen molar-refractivity contribution in [2.24, 2.45) is 0 Å². The van der Waals surface area contributed by atoms with Crippen molar-refractivity contribution in [2.45, 2.75) is 129 Å². The van der Waals surface area contributed by atoms with E-state index in [0.717, 1.165) is 16.3 Å². The number of alkyl carbamates (subject to hydrolysis) is 2. The van der Waals surface area contributed by atoms with E-state index in [2.05, 4.69) is 26.6 Å². The van der Waals surface area contributed by atoms with E-state index in [4.69, 9.17) is 18.9 Å². The van der Waals surface area contributed by atoms with Gasteiger partial charge in [0, 0.05) is 38.1 Å². The monoisotopic (exact) mass is 1070 g/mol. The molecule has 0 bridgehead atoms. The second kappa shape index (κ2) is 27.5. The molecular weight excluding hydrogens is 1000 g/mol. The molecule has 414 valence electrons. The lowest BCUT2D eigenvalue weighted by Crippen LogP contribution is -2.59. The Labute approximate surface area is 453 Å². The van der Waals surface area contributed by atoms with Crippen LogP contribution in [0.15, 0.2) is 121 Å². The highest BCUT2D eigenvalue weighted by atomic mass is 16.6. The molecule has 1 aliphatic rings. The molecule has 1 saturated heterocycles. The Kier molecular flexibility index (Phi) is 20.7. The van der Waals surface area contributed by atoms with Crippen LogP contribution in [0.25, 0.3) is 10.8 Å². The molecule has 5 aromatic carbocycles. The Bertz CT molecular complexity index is 2890. The quantitative estimate of drug-likeness (QED) is 0.0144. The highest BCUT2D eigenvalue weighted by molar-refractivity contribution is 5.96. The van der Waals surface area contributed by atoms with Gasteiger partial charge in [-0.15, -0.1) is 0 Å². The van der Waals surface area contributed by atoms with Gasteiger partial charge in [-0.2, -0.15) is 0 Å². The van der Waals surface area contributed by atoms with E-state index in [1.165, 1.54) is 29.2 Å². The molecule has 0 saturated carbocycles. The van der Waals surface area contributed by atoms with Gasteiger partial charge in [-0.25, -0.2) is 9.59 Å². The fourth-order valence-electron chi connectivity index (χ4n) is 8.54. The lowest BCUT2D eigenvalue weighted by molar-refractivity contribution is -0.384. The van der Waals surface area contributed by atoms with Crippen molar-refractivity contribution in [1.82, 2.24) is 31.5 Å². The Morgan fingerprint density at radius 2 is 1.24 bits per heavy atom. The van der Waals surface area contributed by atoms with Crippen LogP contribution < -0.4 is 31.3 Å². The van der Waals surface area contributed by atoms with Crippen molar-refractivity contribution < 1.29 is 57.4 Å². The number of hydrogen-bond acceptors (Lipinski definition) is 13. The SMILES string of the molecule is CC(C)(C)OC(=O)N[C@@H](Cc1ccc(OC(C)(C)C)cc1)C(=O)N[C@H](CCCNC(=O)OCc1ccccc1)C(=O)N[C@@H](Cc1ccc2ccccc2c1)C(=O)N1CCC[C@H]1C(=O)NCC(=O)OCc1ccc([N+](=O)[O-])cc1. The van der Waals surface area contributed by atoms with Crippen LogP contribution in [0.3, 0.4) is 0 Å².